The number of aryl methyl sites for hydroxylation is 1. The summed E-state index contributed by atoms with van der Waals surface area (Å²) in [7, 11) is 0. The van der Waals surface area contributed by atoms with Gasteiger partial charge in [-0.25, -0.2) is 4.98 Å². The predicted octanol–water partition coefficient (Wildman–Crippen LogP) is 5.20. The molecule has 4 aromatic rings. The van der Waals surface area contributed by atoms with E-state index in [1.54, 1.807) is 10.6 Å². The van der Waals surface area contributed by atoms with Gasteiger partial charge in [-0.1, -0.05) is 59.3 Å². The summed E-state index contributed by atoms with van der Waals surface area (Å²) in [5, 5.41) is 5.79. The van der Waals surface area contributed by atoms with Crippen molar-refractivity contribution in [3.05, 3.63) is 86.5 Å². The van der Waals surface area contributed by atoms with E-state index in [1.807, 2.05) is 60.8 Å². The number of carbonyl (C=O) groups excluding carboxylic acids is 1. The normalized spacial score (nSPS) is 11.0. The summed E-state index contributed by atoms with van der Waals surface area (Å²) in [5.41, 5.74) is 3.20. The lowest BCUT2D eigenvalue weighted by Gasteiger charge is -2.13. The molecule has 0 saturated heterocycles. The van der Waals surface area contributed by atoms with Crippen molar-refractivity contribution in [2.75, 3.05) is 11.1 Å². The van der Waals surface area contributed by atoms with Crippen LogP contribution in [0.25, 0.3) is 10.2 Å². The molecule has 8 heteroatoms. The minimum atomic E-state index is -0.159. The van der Waals surface area contributed by atoms with Crippen LogP contribution in [0, 0.1) is 6.92 Å². The zero-order chi connectivity index (χ0) is 21.1. The Morgan fingerprint density at radius 2 is 1.93 bits per heavy atom. The van der Waals surface area contributed by atoms with Gasteiger partial charge in [0.1, 0.15) is 4.70 Å². The summed E-state index contributed by atoms with van der Waals surface area (Å²) in [6, 6.07) is 16.8. The smallest absolute Gasteiger partial charge is 0.272 e. The van der Waals surface area contributed by atoms with Crippen molar-refractivity contribution in [3.8, 4) is 0 Å². The molecule has 1 N–H and O–H groups in total. The van der Waals surface area contributed by atoms with Gasteiger partial charge in [0, 0.05) is 10.7 Å². The largest absolute Gasteiger partial charge is 0.325 e. The van der Waals surface area contributed by atoms with Crippen LogP contribution in [0.5, 0.6) is 0 Å². The lowest BCUT2D eigenvalue weighted by molar-refractivity contribution is -0.113. The second kappa shape index (κ2) is 9.04. The quantitative estimate of drug-likeness (QED) is 0.320. The number of hydrogen-bond acceptors (Lipinski definition) is 5. The Morgan fingerprint density at radius 3 is 2.70 bits per heavy atom. The number of benzene rings is 2. The fourth-order valence-electron chi connectivity index (χ4n) is 2.93. The van der Waals surface area contributed by atoms with Gasteiger partial charge in [-0.3, -0.25) is 14.2 Å². The summed E-state index contributed by atoms with van der Waals surface area (Å²) in [5.74, 6) is -0.0221. The third-order valence-corrected chi connectivity index (χ3v) is 6.72. The van der Waals surface area contributed by atoms with Gasteiger partial charge in [0.25, 0.3) is 5.56 Å². The number of hydrogen-bond donors (Lipinski definition) is 1. The molecule has 0 radical (unpaired) electrons. The van der Waals surface area contributed by atoms with Gasteiger partial charge < -0.3 is 5.32 Å². The third-order valence-electron chi connectivity index (χ3n) is 4.48. The molecule has 2 heterocycles. The van der Waals surface area contributed by atoms with Crippen LogP contribution in [-0.2, 0) is 11.3 Å². The molecule has 0 spiro atoms. The Hall–Kier alpha value is -2.61. The maximum atomic E-state index is 13.1. The monoisotopic (exact) mass is 455 g/mol. The molecule has 0 bridgehead atoms. The molecule has 152 valence electrons. The van der Waals surface area contributed by atoms with Crippen LogP contribution in [0.1, 0.15) is 11.1 Å². The zero-order valence-electron chi connectivity index (χ0n) is 16.1. The summed E-state index contributed by atoms with van der Waals surface area (Å²) in [4.78, 5) is 30.1. The van der Waals surface area contributed by atoms with E-state index in [2.05, 4.69) is 10.3 Å². The lowest BCUT2D eigenvalue weighted by Crippen LogP contribution is -2.24. The Bertz CT molecular complexity index is 1270. The molecule has 0 aliphatic rings. The highest BCUT2D eigenvalue weighted by molar-refractivity contribution is 7.99. The molecular formula is C22H18ClN3O2S2. The van der Waals surface area contributed by atoms with Crippen LogP contribution < -0.4 is 10.9 Å². The van der Waals surface area contributed by atoms with E-state index in [0.717, 1.165) is 16.8 Å². The molecule has 1 amide bonds. The number of amides is 1. The van der Waals surface area contributed by atoms with E-state index >= 15 is 0 Å². The molecule has 0 atom stereocenters. The number of halogens is 1. The number of aromatic nitrogens is 2. The molecule has 2 aromatic heterocycles. The maximum Gasteiger partial charge on any atom is 0.272 e. The lowest BCUT2D eigenvalue weighted by atomic mass is 10.2. The van der Waals surface area contributed by atoms with Crippen LogP contribution >= 0.6 is 34.7 Å². The van der Waals surface area contributed by atoms with E-state index < -0.39 is 0 Å². The van der Waals surface area contributed by atoms with E-state index in [0.29, 0.717) is 26.9 Å². The van der Waals surface area contributed by atoms with E-state index in [4.69, 9.17) is 11.6 Å². The highest BCUT2D eigenvalue weighted by Crippen LogP contribution is 2.24. The first-order valence-electron chi connectivity index (χ1n) is 9.22. The minimum absolute atomic E-state index is 0.128. The standard InChI is InChI=1S/C22H18ClN3O2S2/c1-14-6-8-16(9-7-14)24-19(27)13-30-22-25-18-10-11-29-20(18)21(28)26(22)12-15-4-2-3-5-17(15)23/h2-11H,12-13H2,1H3,(H,24,27). The first-order chi connectivity index (χ1) is 14.5. The average Bonchev–Trinajstić information content (AvgIpc) is 3.21. The fourth-order valence-corrected chi connectivity index (χ4v) is 4.71. The molecule has 0 saturated carbocycles. The van der Waals surface area contributed by atoms with E-state index in [9.17, 15) is 9.59 Å². The molecular weight excluding hydrogens is 438 g/mol. The predicted molar refractivity (Wildman–Crippen MR) is 125 cm³/mol. The summed E-state index contributed by atoms with van der Waals surface area (Å²) in [6.07, 6.45) is 0. The third kappa shape index (κ3) is 4.59. The number of anilines is 1. The molecule has 5 nitrogen and oxygen atoms in total. The second-order valence-corrected chi connectivity index (χ2v) is 8.98. The van der Waals surface area contributed by atoms with Gasteiger partial charge in [0.2, 0.25) is 5.91 Å². The Labute approximate surface area is 186 Å². The van der Waals surface area contributed by atoms with E-state index in [-0.39, 0.29) is 17.2 Å². The maximum absolute atomic E-state index is 13.1. The fraction of sp³-hybridized carbons (Fsp3) is 0.136. The topological polar surface area (TPSA) is 64.0 Å². The summed E-state index contributed by atoms with van der Waals surface area (Å²) < 4.78 is 2.18. The number of fused-ring (bicyclic) bond motifs is 1. The van der Waals surface area contributed by atoms with Crippen molar-refractivity contribution < 1.29 is 4.79 Å². The Kier molecular flexibility index (Phi) is 6.22. The van der Waals surface area contributed by atoms with Gasteiger partial charge >= 0.3 is 0 Å². The SMILES string of the molecule is Cc1ccc(NC(=O)CSc2nc3ccsc3c(=O)n2Cc2ccccc2Cl)cc1. The molecule has 4 rings (SSSR count). The molecule has 0 aliphatic heterocycles. The van der Waals surface area contributed by atoms with Gasteiger partial charge in [0.05, 0.1) is 17.8 Å². The Morgan fingerprint density at radius 1 is 1.17 bits per heavy atom. The number of carbonyl (C=O) groups is 1. The highest BCUT2D eigenvalue weighted by Gasteiger charge is 2.15. The number of nitrogens with zero attached hydrogens (tertiary/aromatic N) is 2. The van der Waals surface area contributed by atoms with Crippen molar-refractivity contribution >= 4 is 56.5 Å². The average molecular weight is 456 g/mol. The van der Waals surface area contributed by atoms with Gasteiger partial charge in [-0.2, -0.15) is 0 Å². The first kappa shape index (κ1) is 20.7. The van der Waals surface area contributed by atoms with Crippen LogP contribution in [0.4, 0.5) is 5.69 Å². The van der Waals surface area contributed by atoms with Crippen molar-refractivity contribution in [1.29, 1.82) is 0 Å². The van der Waals surface area contributed by atoms with Crippen molar-refractivity contribution in [2.45, 2.75) is 18.6 Å². The van der Waals surface area contributed by atoms with Crippen LogP contribution in [0.15, 0.2) is 69.9 Å². The summed E-state index contributed by atoms with van der Waals surface area (Å²) in [6.45, 7) is 2.28. The number of thiophene rings is 1. The van der Waals surface area contributed by atoms with Crippen LogP contribution in [0.3, 0.4) is 0 Å². The van der Waals surface area contributed by atoms with Crippen molar-refractivity contribution in [1.82, 2.24) is 9.55 Å². The first-order valence-corrected chi connectivity index (χ1v) is 11.5. The number of rotatable bonds is 6. The van der Waals surface area contributed by atoms with Gasteiger partial charge in [-0.15, -0.1) is 11.3 Å². The number of nitrogens with one attached hydrogen (secondary N) is 1. The molecule has 0 aliphatic carbocycles. The van der Waals surface area contributed by atoms with Crippen LogP contribution in [-0.4, -0.2) is 21.2 Å². The Balaban J connectivity index is 1.59. The van der Waals surface area contributed by atoms with E-state index in [1.165, 1.54) is 23.1 Å². The zero-order valence-corrected chi connectivity index (χ0v) is 18.5. The van der Waals surface area contributed by atoms with Gasteiger partial charge in [0.15, 0.2) is 5.16 Å². The minimum Gasteiger partial charge on any atom is -0.325 e. The van der Waals surface area contributed by atoms with Crippen molar-refractivity contribution in [2.24, 2.45) is 0 Å². The van der Waals surface area contributed by atoms with Crippen LogP contribution in [0.2, 0.25) is 5.02 Å². The molecule has 0 unspecified atom stereocenters. The highest BCUT2D eigenvalue weighted by atomic mass is 35.5. The van der Waals surface area contributed by atoms with Crippen molar-refractivity contribution in [3.63, 3.8) is 0 Å². The second-order valence-electron chi connectivity index (χ2n) is 6.71. The summed E-state index contributed by atoms with van der Waals surface area (Å²) >= 11 is 8.90. The molecule has 2 aromatic carbocycles. The molecule has 0 fully saturated rings. The van der Waals surface area contributed by atoms with Gasteiger partial charge in [-0.05, 0) is 42.1 Å². The molecule has 30 heavy (non-hydrogen) atoms. The number of thioether (sulfide) groups is 1.